The second kappa shape index (κ2) is 17.5. The Morgan fingerprint density at radius 1 is 0.846 bits per heavy atom. The quantitative estimate of drug-likeness (QED) is 0.382. The molecule has 76 valence electrons. The SMILES string of the molecule is CC(=O)O.CC(=O)O.CC(=O)O.[H-].[HH].[Na+]. The maximum atomic E-state index is 9.00. The van der Waals surface area contributed by atoms with Crippen molar-refractivity contribution in [1.29, 1.82) is 0 Å². The third-order valence-corrected chi connectivity index (χ3v) is 0. The Morgan fingerprint density at radius 2 is 0.846 bits per heavy atom. The van der Waals surface area contributed by atoms with Crippen molar-refractivity contribution >= 4 is 17.9 Å². The summed E-state index contributed by atoms with van der Waals surface area (Å²) in [5.74, 6) is -2.50. The summed E-state index contributed by atoms with van der Waals surface area (Å²) in [6.07, 6.45) is 0. The molecule has 0 aliphatic rings. The number of aliphatic carboxylic acids is 3. The molecule has 13 heavy (non-hydrogen) atoms. The van der Waals surface area contributed by atoms with E-state index in [2.05, 4.69) is 0 Å². The van der Waals surface area contributed by atoms with Gasteiger partial charge in [0.2, 0.25) is 0 Å². The monoisotopic (exact) mass is 206 g/mol. The Bertz CT molecular complexity index is 123. The molecule has 0 amide bonds. The third-order valence-electron chi connectivity index (χ3n) is 0. The zero-order valence-corrected chi connectivity index (χ0v) is 10.1. The van der Waals surface area contributed by atoms with Crippen LogP contribution in [-0.2, 0) is 14.4 Å². The molecule has 0 atom stereocenters. The molecule has 0 aliphatic carbocycles. The molecule has 0 bridgehead atoms. The first-order valence-electron chi connectivity index (χ1n) is 2.78. The van der Waals surface area contributed by atoms with Crippen LogP contribution in [0.2, 0.25) is 0 Å². The fraction of sp³-hybridized carbons (Fsp3) is 0.500. The molecule has 0 rings (SSSR count). The Kier molecular flexibility index (Phi) is 30.7. The van der Waals surface area contributed by atoms with E-state index in [1.807, 2.05) is 0 Å². The number of rotatable bonds is 0. The minimum Gasteiger partial charge on any atom is -1.00 e. The molecule has 0 unspecified atom stereocenters. The standard InChI is InChI=1S/3C2H4O2.Na.H2.H/c3*1-2(3)4;;;/h3*1H3,(H,3,4);;1H;/q;;;+1;;-1. The molecule has 0 radical (unpaired) electrons. The minimum atomic E-state index is -0.833. The second-order valence-electron chi connectivity index (χ2n) is 1.56. The van der Waals surface area contributed by atoms with Crippen LogP contribution in [0.15, 0.2) is 0 Å². The van der Waals surface area contributed by atoms with Crippen LogP contribution in [0.4, 0.5) is 0 Å². The molecule has 3 N–H and O–H groups in total. The van der Waals surface area contributed by atoms with Crippen molar-refractivity contribution in [2.24, 2.45) is 0 Å². The fourth-order valence-corrected chi connectivity index (χ4v) is 0. The van der Waals surface area contributed by atoms with Gasteiger partial charge in [-0.05, 0) is 0 Å². The van der Waals surface area contributed by atoms with Gasteiger partial charge in [0.05, 0.1) is 0 Å². The van der Waals surface area contributed by atoms with Gasteiger partial charge in [-0.15, -0.1) is 0 Å². The first-order valence-corrected chi connectivity index (χ1v) is 2.78. The second-order valence-corrected chi connectivity index (χ2v) is 1.56. The van der Waals surface area contributed by atoms with Crippen LogP contribution < -0.4 is 29.6 Å². The van der Waals surface area contributed by atoms with Gasteiger partial charge in [-0.25, -0.2) is 0 Å². The minimum absolute atomic E-state index is 0. The van der Waals surface area contributed by atoms with Gasteiger partial charge in [0, 0.05) is 22.2 Å². The average Bonchev–Trinajstić information content (AvgIpc) is 1.54. The molecule has 0 aromatic rings. The van der Waals surface area contributed by atoms with Crippen LogP contribution in [0.25, 0.3) is 0 Å². The van der Waals surface area contributed by atoms with Crippen molar-refractivity contribution in [1.82, 2.24) is 0 Å². The fourth-order valence-electron chi connectivity index (χ4n) is 0. The van der Waals surface area contributed by atoms with Gasteiger partial charge < -0.3 is 16.7 Å². The van der Waals surface area contributed by atoms with Gasteiger partial charge in [0.25, 0.3) is 17.9 Å². The van der Waals surface area contributed by atoms with Crippen molar-refractivity contribution in [3.05, 3.63) is 0 Å². The summed E-state index contributed by atoms with van der Waals surface area (Å²) < 4.78 is 0. The van der Waals surface area contributed by atoms with E-state index in [0.717, 1.165) is 20.8 Å². The van der Waals surface area contributed by atoms with E-state index in [0.29, 0.717) is 0 Å². The van der Waals surface area contributed by atoms with E-state index in [1.165, 1.54) is 0 Å². The normalized spacial score (nSPS) is 5.77. The van der Waals surface area contributed by atoms with Crippen molar-refractivity contribution < 1.29 is 62.1 Å². The molecule has 0 aliphatic heterocycles. The summed E-state index contributed by atoms with van der Waals surface area (Å²) >= 11 is 0. The topological polar surface area (TPSA) is 112 Å². The zero-order valence-electron chi connectivity index (χ0n) is 9.07. The van der Waals surface area contributed by atoms with E-state index in [1.54, 1.807) is 0 Å². The molecule has 0 fully saturated rings. The van der Waals surface area contributed by atoms with Crippen molar-refractivity contribution in [3.8, 4) is 0 Å². The number of carboxylic acids is 3. The number of hydrogen-bond donors (Lipinski definition) is 3. The maximum absolute atomic E-state index is 9.00. The van der Waals surface area contributed by atoms with E-state index < -0.39 is 17.9 Å². The van der Waals surface area contributed by atoms with Gasteiger partial charge in [-0.1, -0.05) is 0 Å². The Hall–Kier alpha value is -0.590. The van der Waals surface area contributed by atoms with Gasteiger partial charge in [-0.2, -0.15) is 0 Å². The van der Waals surface area contributed by atoms with Crippen LogP contribution in [0.3, 0.4) is 0 Å². The molecule has 7 heteroatoms. The summed E-state index contributed by atoms with van der Waals surface area (Å²) in [5, 5.41) is 22.2. The van der Waals surface area contributed by atoms with Crippen LogP contribution in [-0.4, -0.2) is 33.2 Å². The van der Waals surface area contributed by atoms with Crippen molar-refractivity contribution in [2.75, 3.05) is 0 Å². The number of carboxylic acid groups (broad SMARTS) is 3. The summed E-state index contributed by atoms with van der Waals surface area (Å²) in [4.78, 5) is 27.0. The molecule has 0 spiro atoms. The van der Waals surface area contributed by atoms with E-state index in [-0.39, 0.29) is 32.4 Å². The van der Waals surface area contributed by atoms with Crippen molar-refractivity contribution in [3.63, 3.8) is 0 Å². The molecule has 6 nitrogen and oxygen atoms in total. The smallest absolute Gasteiger partial charge is 1.00 e. The zero-order chi connectivity index (χ0) is 10.7. The number of carbonyl (C=O) groups is 3. The average molecular weight is 206 g/mol. The maximum Gasteiger partial charge on any atom is 1.00 e. The molecular formula is C6H15NaO6. The largest absolute Gasteiger partial charge is 1.00 e. The Labute approximate surface area is 101 Å². The third kappa shape index (κ3) is 2900. The van der Waals surface area contributed by atoms with E-state index in [4.69, 9.17) is 29.7 Å². The van der Waals surface area contributed by atoms with Crippen LogP contribution in [0.1, 0.15) is 23.6 Å². The van der Waals surface area contributed by atoms with E-state index >= 15 is 0 Å². The van der Waals surface area contributed by atoms with Crippen LogP contribution in [0.5, 0.6) is 0 Å². The predicted molar refractivity (Wildman–Crippen MR) is 43.2 cm³/mol. The van der Waals surface area contributed by atoms with Gasteiger partial charge >= 0.3 is 29.6 Å². The summed E-state index contributed by atoms with van der Waals surface area (Å²) in [6, 6.07) is 0. The number of hydrogen-bond acceptors (Lipinski definition) is 3. The van der Waals surface area contributed by atoms with Crippen LogP contribution in [0, 0.1) is 0 Å². The molecular weight excluding hydrogens is 191 g/mol. The molecule has 0 aromatic heterocycles. The molecule has 0 saturated heterocycles. The summed E-state index contributed by atoms with van der Waals surface area (Å²) in [7, 11) is 0. The van der Waals surface area contributed by atoms with Crippen molar-refractivity contribution in [2.45, 2.75) is 20.8 Å². The first kappa shape index (κ1) is 22.8. The van der Waals surface area contributed by atoms with Gasteiger partial charge in [0.1, 0.15) is 0 Å². The van der Waals surface area contributed by atoms with Gasteiger partial charge in [0.15, 0.2) is 0 Å². The summed E-state index contributed by atoms with van der Waals surface area (Å²) in [5.41, 5.74) is 0. The van der Waals surface area contributed by atoms with Gasteiger partial charge in [-0.3, -0.25) is 14.4 Å². The molecule has 0 heterocycles. The first-order chi connectivity index (χ1) is 5.20. The predicted octanol–water partition coefficient (Wildman–Crippen LogP) is -2.36. The summed E-state index contributed by atoms with van der Waals surface area (Å²) in [6.45, 7) is 3.25. The Balaban J connectivity index is -0.0000000184. The van der Waals surface area contributed by atoms with Crippen LogP contribution >= 0.6 is 0 Å². The molecule has 0 aromatic carbocycles. The Morgan fingerprint density at radius 3 is 0.846 bits per heavy atom. The van der Waals surface area contributed by atoms with E-state index in [9.17, 15) is 0 Å². The molecule has 0 saturated carbocycles.